The largest absolute Gasteiger partial charge is 0.482 e. The van der Waals surface area contributed by atoms with Crippen LogP contribution in [0.2, 0.25) is 0 Å². The third-order valence-electron chi connectivity index (χ3n) is 1.68. The number of rotatable bonds is 1. The SMILES string of the molecule is COc1ccc(F)n1C(C)(C)C. The summed E-state index contributed by atoms with van der Waals surface area (Å²) in [5.41, 5.74) is -0.279. The molecule has 1 aromatic rings. The molecule has 1 rings (SSSR count). The first kappa shape index (κ1) is 9.10. The van der Waals surface area contributed by atoms with Crippen LogP contribution in [0, 0.1) is 5.95 Å². The second-order valence-electron chi connectivity index (χ2n) is 3.70. The molecule has 0 atom stereocenters. The van der Waals surface area contributed by atoms with Gasteiger partial charge in [-0.3, -0.25) is 4.57 Å². The number of hydrogen-bond donors (Lipinski definition) is 0. The van der Waals surface area contributed by atoms with Gasteiger partial charge in [0, 0.05) is 11.6 Å². The highest BCUT2D eigenvalue weighted by Crippen LogP contribution is 2.25. The Morgan fingerprint density at radius 3 is 2.25 bits per heavy atom. The molecular formula is C9H14FNO. The van der Waals surface area contributed by atoms with Gasteiger partial charge in [-0.15, -0.1) is 0 Å². The maximum Gasteiger partial charge on any atom is 0.197 e. The Hall–Kier alpha value is -0.990. The molecule has 12 heavy (non-hydrogen) atoms. The van der Waals surface area contributed by atoms with Gasteiger partial charge in [-0.05, 0) is 26.8 Å². The minimum absolute atomic E-state index is 0.264. The first-order valence-electron chi connectivity index (χ1n) is 3.88. The summed E-state index contributed by atoms with van der Waals surface area (Å²) in [5, 5.41) is 0. The highest BCUT2D eigenvalue weighted by molar-refractivity contribution is 5.17. The second-order valence-corrected chi connectivity index (χ2v) is 3.70. The highest BCUT2D eigenvalue weighted by atomic mass is 19.1. The lowest BCUT2D eigenvalue weighted by Gasteiger charge is -2.23. The zero-order valence-electron chi connectivity index (χ0n) is 7.89. The number of hydrogen-bond acceptors (Lipinski definition) is 1. The van der Waals surface area contributed by atoms with Gasteiger partial charge in [0.25, 0.3) is 0 Å². The Bertz CT molecular complexity index is 273. The predicted molar refractivity (Wildman–Crippen MR) is 45.9 cm³/mol. The molecular weight excluding hydrogens is 157 g/mol. The van der Waals surface area contributed by atoms with E-state index in [0.29, 0.717) is 5.88 Å². The van der Waals surface area contributed by atoms with Crippen molar-refractivity contribution in [1.29, 1.82) is 0 Å². The van der Waals surface area contributed by atoms with Crippen LogP contribution in [0.4, 0.5) is 4.39 Å². The van der Waals surface area contributed by atoms with E-state index < -0.39 is 0 Å². The fourth-order valence-corrected chi connectivity index (χ4v) is 1.20. The summed E-state index contributed by atoms with van der Waals surface area (Å²) in [6, 6.07) is 3.03. The van der Waals surface area contributed by atoms with Crippen molar-refractivity contribution in [2.75, 3.05) is 7.11 Å². The van der Waals surface area contributed by atoms with E-state index in [2.05, 4.69) is 0 Å². The van der Waals surface area contributed by atoms with E-state index in [9.17, 15) is 4.39 Å². The zero-order valence-corrected chi connectivity index (χ0v) is 7.89. The molecule has 0 spiro atoms. The summed E-state index contributed by atoms with van der Waals surface area (Å²) >= 11 is 0. The maximum atomic E-state index is 13.2. The van der Waals surface area contributed by atoms with Crippen LogP contribution in [-0.4, -0.2) is 11.7 Å². The molecule has 0 fully saturated rings. The fourth-order valence-electron chi connectivity index (χ4n) is 1.20. The lowest BCUT2D eigenvalue weighted by atomic mass is 10.1. The zero-order chi connectivity index (χ0) is 9.35. The predicted octanol–water partition coefficient (Wildman–Crippen LogP) is 2.39. The summed E-state index contributed by atoms with van der Waals surface area (Å²) in [7, 11) is 1.54. The van der Waals surface area contributed by atoms with E-state index in [1.165, 1.54) is 17.7 Å². The molecule has 0 saturated heterocycles. The first-order valence-corrected chi connectivity index (χ1v) is 3.88. The van der Waals surface area contributed by atoms with E-state index in [1.807, 2.05) is 20.8 Å². The van der Waals surface area contributed by atoms with Crippen molar-refractivity contribution in [1.82, 2.24) is 4.57 Å². The van der Waals surface area contributed by atoms with Crippen LogP contribution in [0.3, 0.4) is 0 Å². The molecule has 0 amide bonds. The van der Waals surface area contributed by atoms with Crippen LogP contribution in [0.5, 0.6) is 5.88 Å². The molecule has 3 heteroatoms. The van der Waals surface area contributed by atoms with Crippen molar-refractivity contribution in [2.45, 2.75) is 26.3 Å². The third kappa shape index (κ3) is 1.44. The second kappa shape index (κ2) is 2.81. The van der Waals surface area contributed by atoms with Crippen LogP contribution in [0.25, 0.3) is 0 Å². The Balaban J connectivity index is 3.19. The van der Waals surface area contributed by atoms with Crippen molar-refractivity contribution >= 4 is 0 Å². The number of methoxy groups -OCH3 is 1. The summed E-state index contributed by atoms with van der Waals surface area (Å²) in [6.45, 7) is 5.79. The van der Waals surface area contributed by atoms with Gasteiger partial charge in [-0.1, -0.05) is 0 Å². The number of ether oxygens (including phenoxy) is 1. The van der Waals surface area contributed by atoms with Crippen LogP contribution < -0.4 is 4.74 Å². The highest BCUT2D eigenvalue weighted by Gasteiger charge is 2.20. The average Bonchev–Trinajstić information content (AvgIpc) is 2.29. The molecule has 2 nitrogen and oxygen atoms in total. The van der Waals surface area contributed by atoms with E-state index in [4.69, 9.17) is 4.74 Å². The van der Waals surface area contributed by atoms with Crippen LogP contribution in [0.1, 0.15) is 20.8 Å². The Morgan fingerprint density at radius 2 is 1.92 bits per heavy atom. The van der Waals surface area contributed by atoms with E-state index in [0.717, 1.165) is 0 Å². The van der Waals surface area contributed by atoms with Crippen molar-refractivity contribution in [3.8, 4) is 5.88 Å². The van der Waals surface area contributed by atoms with Crippen molar-refractivity contribution < 1.29 is 9.13 Å². The fraction of sp³-hybridized carbons (Fsp3) is 0.556. The van der Waals surface area contributed by atoms with Crippen LogP contribution in [-0.2, 0) is 5.54 Å². The van der Waals surface area contributed by atoms with Crippen molar-refractivity contribution in [3.63, 3.8) is 0 Å². The summed E-state index contributed by atoms with van der Waals surface area (Å²) in [6.07, 6.45) is 0. The molecule has 0 saturated carbocycles. The third-order valence-corrected chi connectivity index (χ3v) is 1.68. The van der Waals surface area contributed by atoms with E-state index in [-0.39, 0.29) is 11.5 Å². The quantitative estimate of drug-likeness (QED) is 0.632. The standard InChI is InChI=1S/C9H14FNO/c1-9(2,3)11-7(10)5-6-8(11)12-4/h5-6H,1-4H3. The topological polar surface area (TPSA) is 14.2 Å². The average molecular weight is 171 g/mol. The first-order chi connectivity index (χ1) is 5.46. The normalized spacial score (nSPS) is 11.8. The van der Waals surface area contributed by atoms with Gasteiger partial charge >= 0.3 is 0 Å². The summed E-state index contributed by atoms with van der Waals surface area (Å²) in [5.74, 6) is 0.291. The molecule has 0 radical (unpaired) electrons. The lowest BCUT2D eigenvalue weighted by molar-refractivity contribution is 0.276. The summed E-state index contributed by atoms with van der Waals surface area (Å²) < 4.78 is 19.7. The maximum absolute atomic E-state index is 13.2. The van der Waals surface area contributed by atoms with E-state index in [1.54, 1.807) is 6.07 Å². The summed E-state index contributed by atoms with van der Waals surface area (Å²) in [4.78, 5) is 0. The Labute approximate surface area is 72.0 Å². The van der Waals surface area contributed by atoms with Gasteiger partial charge in [-0.2, -0.15) is 4.39 Å². The molecule has 1 aromatic heterocycles. The van der Waals surface area contributed by atoms with Gasteiger partial charge < -0.3 is 4.74 Å². The number of nitrogens with zero attached hydrogens (tertiary/aromatic N) is 1. The Morgan fingerprint density at radius 1 is 1.33 bits per heavy atom. The van der Waals surface area contributed by atoms with Crippen molar-refractivity contribution in [2.24, 2.45) is 0 Å². The molecule has 0 N–H and O–H groups in total. The smallest absolute Gasteiger partial charge is 0.197 e. The molecule has 0 aliphatic carbocycles. The Kier molecular flexibility index (Phi) is 2.13. The molecule has 0 aliphatic rings. The molecule has 0 unspecified atom stereocenters. The number of halogens is 1. The molecule has 0 aromatic carbocycles. The monoisotopic (exact) mass is 171 g/mol. The van der Waals surface area contributed by atoms with Gasteiger partial charge in [0.2, 0.25) is 0 Å². The van der Waals surface area contributed by atoms with Gasteiger partial charge in [0.1, 0.15) is 0 Å². The van der Waals surface area contributed by atoms with Gasteiger partial charge in [0.15, 0.2) is 11.8 Å². The molecule has 0 bridgehead atoms. The minimum Gasteiger partial charge on any atom is -0.482 e. The van der Waals surface area contributed by atoms with Gasteiger partial charge in [0.05, 0.1) is 7.11 Å². The van der Waals surface area contributed by atoms with Crippen molar-refractivity contribution in [3.05, 3.63) is 18.1 Å². The molecule has 68 valence electrons. The van der Waals surface area contributed by atoms with E-state index >= 15 is 0 Å². The number of aromatic nitrogens is 1. The molecule has 1 heterocycles. The molecule has 0 aliphatic heterocycles. The van der Waals surface area contributed by atoms with Crippen LogP contribution in [0.15, 0.2) is 12.1 Å². The van der Waals surface area contributed by atoms with Crippen LogP contribution >= 0.6 is 0 Å². The lowest BCUT2D eigenvalue weighted by Crippen LogP contribution is -2.23. The minimum atomic E-state index is -0.279. The van der Waals surface area contributed by atoms with Gasteiger partial charge in [-0.25, -0.2) is 0 Å².